The smallest absolute Gasteiger partial charge is 0.140 e. The Morgan fingerprint density at radius 2 is 2.12 bits per heavy atom. The zero-order valence-electron chi connectivity index (χ0n) is 9.76. The van der Waals surface area contributed by atoms with E-state index >= 15 is 0 Å². The quantitative estimate of drug-likeness (QED) is 0.879. The molecule has 4 nitrogen and oxygen atoms in total. The lowest BCUT2D eigenvalue weighted by atomic mass is 9.71. The molecule has 0 spiro atoms. The molecule has 0 aromatic carbocycles. The Balaban J connectivity index is 1.73. The third-order valence-electron chi connectivity index (χ3n) is 3.51. The molecular formula is C13H15N3O. The maximum atomic E-state index is 5.35. The van der Waals surface area contributed by atoms with Crippen molar-refractivity contribution in [1.29, 1.82) is 0 Å². The van der Waals surface area contributed by atoms with Crippen LogP contribution in [0, 0.1) is 0 Å². The molecule has 3 rings (SSSR count). The summed E-state index contributed by atoms with van der Waals surface area (Å²) in [5.41, 5.74) is 2.32. The predicted molar refractivity (Wildman–Crippen MR) is 64.1 cm³/mol. The van der Waals surface area contributed by atoms with E-state index < -0.39 is 0 Å². The summed E-state index contributed by atoms with van der Waals surface area (Å²) in [6.45, 7) is 0. The van der Waals surface area contributed by atoms with Crippen LogP contribution in [0.2, 0.25) is 0 Å². The number of nitrogens with zero attached hydrogens (tertiary/aromatic N) is 2. The van der Waals surface area contributed by atoms with Crippen molar-refractivity contribution >= 4 is 0 Å². The van der Waals surface area contributed by atoms with E-state index in [0.717, 1.165) is 24.3 Å². The fourth-order valence-corrected chi connectivity index (χ4v) is 2.47. The van der Waals surface area contributed by atoms with Crippen LogP contribution in [-0.2, 0) is 0 Å². The molecule has 0 radical (unpaired) electrons. The number of rotatable bonds is 3. The van der Waals surface area contributed by atoms with Gasteiger partial charge in [0.1, 0.15) is 5.75 Å². The van der Waals surface area contributed by atoms with Gasteiger partial charge in [0.25, 0.3) is 0 Å². The van der Waals surface area contributed by atoms with Crippen molar-refractivity contribution in [3.05, 3.63) is 42.0 Å². The number of aromatic nitrogens is 3. The van der Waals surface area contributed by atoms with E-state index in [1.807, 2.05) is 24.5 Å². The van der Waals surface area contributed by atoms with E-state index in [1.165, 1.54) is 5.69 Å². The average Bonchev–Trinajstić information content (AvgIpc) is 2.81. The third kappa shape index (κ3) is 1.79. The second-order valence-corrected chi connectivity index (χ2v) is 4.47. The van der Waals surface area contributed by atoms with Gasteiger partial charge < -0.3 is 4.74 Å². The molecule has 0 amide bonds. The number of nitrogens with one attached hydrogen (secondary N) is 1. The van der Waals surface area contributed by atoms with Crippen LogP contribution in [-0.4, -0.2) is 22.3 Å². The van der Waals surface area contributed by atoms with Crippen LogP contribution in [0.15, 0.2) is 30.6 Å². The molecule has 0 atom stereocenters. The van der Waals surface area contributed by atoms with Gasteiger partial charge in [-0.05, 0) is 31.0 Å². The van der Waals surface area contributed by atoms with Crippen molar-refractivity contribution in [2.75, 3.05) is 7.11 Å². The number of ether oxygens (including phenoxy) is 1. The Kier molecular flexibility index (Phi) is 2.55. The molecule has 0 aliphatic heterocycles. The molecule has 2 heterocycles. The largest absolute Gasteiger partial charge is 0.495 e. The van der Waals surface area contributed by atoms with Crippen LogP contribution in [0.1, 0.15) is 36.1 Å². The number of hydrogen-bond donors (Lipinski definition) is 1. The van der Waals surface area contributed by atoms with Crippen molar-refractivity contribution in [3.63, 3.8) is 0 Å². The minimum atomic E-state index is 0.513. The fraction of sp³-hybridized carbons (Fsp3) is 0.385. The molecule has 0 bridgehead atoms. The minimum absolute atomic E-state index is 0.513. The topological polar surface area (TPSA) is 50.8 Å². The van der Waals surface area contributed by atoms with Crippen LogP contribution >= 0.6 is 0 Å². The molecule has 1 aliphatic carbocycles. The standard InChI is InChI=1S/C13H15N3O/c1-17-12-3-2-5-14-13(12)10-7-9(8-10)11-4-6-15-16-11/h2-6,9-10H,7-8H2,1H3,(H,15,16). The lowest BCUT2D eigenvalue weighted by Crippen LogP contribution is -2.21. The van der Waals surface area contributed by atoms with Crippen molar-refractivity contribution in [2.45, 2.75) is 24.7 Å². The number of hydrogen-bond acceptors (Lipinski definition) is 3. The maximum absolute atomic E-state index is 5.35. The molecule has 0 unspecified atom stereocenters. The summed E-state index contributed by atoms with van der Waals surface area (Å²) >= 11 is 0. The minimum Gasteiger partial charge on any atom is -0.495 e. The first-order chi connectivity index (χ1) is 8.38. The highest BCUT2D eigenvalue weighted by molar-refractivity contribution is 5.33. The molecule has 4 heteroatoms. The van der Waals surface area contributed by atoms with E-state index in [0.29, 0.717) is 11.8 Å². The van der Waals surface area contributed by atoms with Crippen LogP contribution in [0.25, 0.3) is 0 Å². The molecule has 1 saturated carbocycles. The summed E-state index contributed by atoms with van der Waals surface area (Å²) in [4.78, 5) is 4.44. The third-order valence-corrected chi connectivity index (χ3v) is 3.51. The summed E-state index contributed by atoms with van der Waals surface area (Å²) < 4.78 is 5.35. The molecule has 1 aliphatic rings. The molecule has 1 N–H and O–H groups in total. The Morgan fingerprint density at radius 3 is 2.82 bits per heavy atom. The first-order valence-corrected chi connectivity index (χ1v) is 5.86. The molecule has 2 aromatic heterocycles. The average molecular weight is 229 g/mol. The van der Waals surface area contributed by atoms with Gasteiger partial charge >= 0.3 is 0 Å². The highest BCUT2D eigenvalue weighted by Crippen LogP contribution is 2.48. The molecule has 0 saturated heterocycles. The Morgan fingerprint density at radius 1 is 1.24 bits per heavy atom. The fourth-order valence-electron chi connectivity index (χ4n) is 2.47. The zero-order chi connectivity index (χ0) is 11.7. The highest BCUT2D eigenvalue weighted by Gasteiger charge is 2.34. The van der Waals surface area contributed by atoms with Gasteiger partial charge in [-0.2, -0.15) is 5.10 Å². The number of aromatic amines is 1. The van der Waals surface area contributed by atoms with E-state index in [4.69, 9.17) is 4.74 Å². The lowest BCUT2D eigenvalue weighted by Gasteiger charge is -2.34. The number of methoxy groups -OCH3 is 1. The predicted octanol–water partition coefficient (Wildman–Crippen LogP) is 2.47. The van der Waals surface area contributed by atoms with Gasteiger partial charge in [0.05, 0.1) is 12.8 Å². The van der Waals surface area contributed by atoms with Gasteiger partial charge in [0.2, 0.25) is 0 Å². The van der Waals surface area contributed by atoms with Crippen LogP contribution < -0.4 is 4.74 Å². The van der Waals surface area contributed by atoms with E-state index in [-0.39, 0.29) is 0 Å². The summed E-state index contributed by atoms with van der Waals surface area (Å²) in [5.74, 6) is 2.01. The molecule has 17 heavy (non-hydrogen) atoms. The maximum Gasteiger partial charge on any atom is 0.140 e. The van der Waals surface area contributed by atoms with Gasteiger partial charge in [-0.3, -0.25) is 10.1 Å². The summed E-state index contributed by atoms with van der Waals surface area (Å²) in [7, 11) is 1.70. The summed E-state index contributed by atoms with van der Waals surface area (Å²) in [5, 5.41) is 7.03. The van der Waals surface area contributed by atoms with E-state index in [9.17, 15) is 0 Å². The van der Waals surface area contributed by atoms with Crippen molar-refractivity contribution in [1.82, 2.24) is 15.2 Å². The van der Waals surface area contributed by atoms with Crippen molar-refractivity contribution < 1.29 is 4.74 Å². The van der Waals surface area contributed by atoms with Gasteiger partial charge in [-0.25, -0.2) is 0 Å². The van der Waals surface area contributed by atoms with Gasteiger partial charge in [0, 0.05) is 29.9 Å². The monoisotopic (exact) mass is 229 g/mol. The Hall–Kier alpha value is -1.84. The Labute approximate surface area is 100 Å². The van der Waals surface area contributed by atoms with Gasteiger partial charge in [0.15, 0.2) is 0 Å². The van der Waals surface area contributed by atoms with Gasteiger partial charge in [-0.15, -0.1) is 0 Å². The normalized spacial score (nSPS) is 23.1. The SMILES string of the molecule is COc1cccnc1C1CC(c2ccn[nH]2)C1. The van der Waals surface area contributed by atoms with Crippen LogP contribution in [0.3, 0.4) is 0 Å². The zero-order valence-corrected chi connectivity index (χ0v) is 9.76. The molecular weight excluding hydrogens is 214 g/mol. The number of H-pyrrole nitrogens is 1. The summed E-state index contributed by atoms with van der Waals surface area (Å²) in [6.07, 6.45) is 5.89. The van der Waals surface area contributed by atoms with Crippen molar-refractivity contribution in [2.24, 2.45) is 0 Å². The second kappa shape index (κ2) is 4.20. The number of pyridine rings is 1. The molecule has 2 aromatic rings. The molecule has 1 fully saturated rings. The second-order valence-electron chi connectivity index (χ2n) is 4.47. The van der Waals surface area contributed by atoms with E-state index in [1.54, 1.807) is 7.11 Å². The molecule has 88 valence electrons. The first kappa shape index (κ1) is 10.3. The lowest BCUT2D eigenvalue weighted by molar-refractivity contribution is 0.321. The summed E-state index contributed by atoms with van der Waals surface area (Å²) in [6, 6.07) is 5.94. The Bertz CT molecular complexity index is 489. The highest BCUT2D eigenvalue weighted by atomic mass is 16.5. The van der Waals surface area contributed by atoms with Gasteiger partial charge in [-0.1, -0.05) is 0 Å². The van der Waals surface area contributed by atoms with Crippen molar-refractivity contribution in [3.8, 4) is 5.75 Å². The first-order valence-electron chi connectivity index (χ1n) is 5.86. The van der Waals surface area contributed by atoms with Crippen LogP contribution in [0.4, 0.5) is 0 Å². The van der Waals surface area contributed by atoms with E-state index in [2.05, 4.69) is 21.2 Å². The van der Waals surface area contributed by atoms with Crippen LogP contribution in [0.5, 0.6) is 5.75 Å².